The number of amides is 1. The molecule has 0 aromatic carbocycles. The molecule has 0 aliphatic carbocycles. The van der Waals surface area contributed by atoms with E-state index >= 15 is 0 Å². The molecule has 0 bridgehead atoms. The van der Waals surface area contributed by atoms with Crippen LogP contribution in [0.3, 0.4) is 0 Å². The van der Waals surface area contributed by atoms with Gasteiger partial charge in [-0.3, -0.25) is 4.79 Å². The van der Waals surface area contributed by atoms with Crippen LogP contribution in [0.25, 0.3) is 0 Å². The van der Waals surface area contributed by atoms with Crippen LogP contribution in [-0.4, -0.2) is 87.6 Å². The topological polar surface area (TPSA) is 165 Å². The third-order valence-electron chi connectivity index (χ3n) is 3.41. The second-order valence-electron chi connectivity index (χ2n) is 5.14. The molecular weight excluding hydrogens is 340 g/mol. The molecule has 1 aromatic heterocycles. The van der Waals surface area contributed by atoms with Gasteiger partial charge in [0.25, 0.3) is 0 Å². The monoisotopic (exact) mass is 360 g/mol. The highest BCUT2D eigenvalue weighted by molar-refractivity contribution is 5.73. The van der Waals surface area contributed by atoms with Gasteiger partial charge in [0.2, 0.25) is 12.2 Å². The molecule has 2 heterocycles. The van der Waals surface area contributed by atoms with Crippen molar-refractivity contribution in [2.24, 2.45) is 0 Å². The Morgan fingerprint density at radius 1 is 1.12 bits per heavy atom. The fraction of sp³-hybridized carbons (Fsp3) is 0.692. The summed E-state index contributed by atoms with van der Waals surface area (Å²) in [4.78, 5) is 22.9. The maximum atomic E-state index is 11.4. The summed E-state index contributed by atoms with van der Waals surface area (Å²) in [5.74, 6) is -0.485. The zero-order valence-electron chi connectivity index (χ0n) is 13.8. The number of hydrogen-bond acceptors (Lipinski definition) is 11. The molecule has 12 heteroatoms. The minimum Gasteiger partial charge on any atom is -0.467 e. The van der Waals surface area contributed by atoms with Gasteiger partial charge in [-0.15, -0.1) is 15.0 Å². The van der Waals surface area contributed by atoms with Crippen molar-refractivity contribution in [1.29, 1.82) is 0 Å². The predicted octanol–water partition coefficient (Wildman–Crippen LogP) is -2.79. The molecule has 0 radical (unpaired) electrons. The van der Waals surface area contributed by atoms with Crippen LogP contribution in [0.2, 0.25) is 0 Å². The molecule has 0 saturated carbocycles. The van der Waals surface area contributed by atoms with Crippen molar-refractivity contribution < 1.29 is 39.1 Å². The highest BCUT2D eigenvalue weighted by Gasteiger charge is 2.46. The Balaban J connectivity index is 2.28. The molecule has 2 rings (SSSR count). The lowest BCUT2D eigenvalue weighted by Crippen LogP contribution is -2.65. The van der Waals surface area contributed by atoms with E-state index in [0.29, 0.717) is 0 Å². The summed E-state index contributed by atoms with van der Waals surface area (Å²) >= 11 is 0. The molecule has 1 aliphatic heterocycles. The molecule has 140 valence electrons. The minimum atomic E-state index is -1.45. The normalized spacial score (nSPS) is 29.0. The molecule has 1 aromatic rings. The average molecular weight is 360 g/mol. The lowest BCUT2D eigenvalue weighted by molar-refractivity contribution is -0.246. The van der Waals surface area contributed by atoms with Gasteiger partial charge in [0.05, 0.1) is 20.8 Å². The SMILES string of the molecule is COc1nc(OC)nc(O[C@@H]2O[C@H](CO)[C@@H](O)[C@H](O)[C@H]2NC(C)=O)n1. The van der Waals surface area contributed by atoms with Gasteiger partial charge in [-0.1, -0.05) is 0 Å². The van der Waals surface area contributed by atoms with E-state index in [0.717, 1.165) is 0 Å². The number of aromatic nitrogens is 3. The molecule has 1 amide bonds. The van der Waals surface area contributed by atoms with Crippen molar-refractivity contribution in [3.05, 3.63) is 0 Å². The molecule has 1 fully saturated rings. The van der Waals surface area contributed by atoms with Crippen molar-refractivity contribution >= 4 is 5.91 Å². The molecule has 0 spiro atoms. The molecule has 4 N–H and O–H groups in total. The summed E-state index contributed by atoms with van der Waals surface area (Å²) in [6.45, 7) is 0.651. The number of nitrogens with zero attached hydrogens (tertiary/aromatic N) is 3. The van der Waals surface area contributed by atoms with Crippen molar-refractivity contribution in [3.8, 4) is 18.0 Å². The number of ether oxygens (including phenoxy) is 4. The number of nitrogens with one attached hydrogen (secondary N) is 1. The lowest BCUT2D eigenvalue weighted by Gasteiger charge is -2.41. The first-order valence-corrected chi connectivity index (χ1v) is 7.29. The van der Waals surface area contributed by atoms with Gasteiger partial charge in [0, 0.05) is 6.92 Å². The third kappa shape index (κ3) is 4.42. The Kier molecular flexibility index (Phi) is 6.25. The Morgan fingerprint density at radius 2 is 1.68 bits per heavy atom. The quantitative estimate of drug-likeness (QED) is 0.414. The van der Waals surface area contributed by atoms with E-state index in [1.807, 2.05) is 0 Å². The summed E-state index contributed by atoms with van der Waals surface area (Å²) < 4.78 is 20.7. The van der Waals surface area contributed by atoms with E-state index in [9.17, 15) is 20.1 Å². The molecule has 1 saturated heterocycles. The Bertz CT molecular complexity index is 581. The zero-order valence-corrected chi connectivity index (χ0v) is 13.8. The average Bonchev–Trinajstić information content (AvgIpc) is 2.60. The van der Waals surface area contributed by atoms with Crippen molar-refractivity contribution in [2.45, 2.75) is 37.6 Å². The number of hydrogen-bond donors (Lipinski definition) is 4. The van der Waals surface area contributed by atoms with Crippen LogP contribution in [0.5, 0.6) is 18.0 Å². The van der Waals surface area contributed by atoms with Crippen LogP contribution in [-0.2, 0) is 9.53 Å². The van der Waals surface area contributed by atoms with Gasteiger partial charge in [-0.25, -0.2) is 0 Å². The van der Waals surface area contributed by atoms with Crippen LogP contribution in [0.4, 0.5) is 0 Å². The summed E-state index contributed by atoms with van der Waals surface area (Å²) in [6.07, 6.45) is -5.30. The van der Waals surface area contributed by atoms with Crippen LogP contribution < -0.4 is 19.5 Å². The second kappa shape index (κ2) is 8.20. The van der Waals surface area contributed by atoms with Gasteiger partial charge in [0.1, 0.15) is 24.4 Å². The van der Waals surface area contributed by atoms with Crippen LogP contribution in [0, 0.1) is 0 Å². The Hall–Kier alpha value is -2.28. The molecule has 12 nitrogen and oxygen atoms in total. The molecule has 1 aliphatic rings. The number of rotatable bonds is 6. The van der Waals surface area contributed by atoms with E-state index < -0.39 is 43.2 Å². The molecule has 0 unspecified atom stereocenters. The number of carbonyl (C=O) groups is 1. The zero-order chi connectivity index (χ0) is 18.6. The van der Waals surface area contributed by atoms with Crippen LogP contribution in [0.15, 0.2) is 0 Å². The van der Waals surface area contributed by atoms with Crippen LogP contribution in [0.1, 0.15) is 6.92 Å². The summed E-state index contributed by atoms with van der Waals surface area (Å²) in [5, 5.41) is 31.8. The molecule has 25 heavy (non-hydrogen) atoms. The maximum absolute atomic E-state index is 11.4. The summed E-state index contributed by atoms with van der Waals surface area (Å²) in [6, 6.07) is -1.57. The fourth-order valence-electron chi connectivity index (χ4n) is 2.23. The number of carbonyl (C=O) groups excluding carboxylic acids is 1. The second-order valence-corrected chi connectivity index (χ2v) is 5.14. The van der Waals surface area contributed by atoms with Crippen molar-refractivity contribution in [3.63, 3.8) is 0 Å². The lowest BCUT2D eigenvalue weighted by atomic mass is 9.97. The number of aliphatic hydroxyl groups is 3. The Labute approximate surface area is 142 Å². The smallest absolute Gasteiger partial charge is 0.328 e. The summed E-state index contributed by atoms with van der Waals surface area (Å²) in [7, 11) is 2.66. The van der Waals surface area contributed by atoms with Crippen LogP contribution >= 0.6 is 0 Å². The first-order valence-electron chi connectivity index (χ1n) is 7.29. The van der Waals surface area contributed by atoms with Gasteiger partial charge < -0.3 is 39.6 Å². The fourth-order valence-corrected chi connectivity index (χ4v) is 2.23. The van der Waals surface area contributed by atoms with E-state index in [4.69, 9.17) is 18.9 Å². The Morgan fingerprint density at radius 3 is 2.16 bits per heavy atom. The largest absolute Gasteiger partial charge is 0.467 e. The standard InChI is InChI=1S/C13H20N4O8/c1-5(19)14-7-9(21)8(20)6(4-18)24-10(7)25-13-16-11(22-2)15-12(17-13)23-3/h6-10,18,20-21H,4H2,1-3H3,(H,14,19)/t6-,7-,8-,9-,10+/m1/s1. The minimum absolute atomic E-state index is 0.0898. The highest BCUT2D eigenvalue weighted by atomic mass is 16.7. The van der Waals surface area contributed by atoms with E-state index in [1.54, 1.807) is 0 Å². The summed E-state index contributed by atoms with van der Waals surface area (Å²) in [5.41, 5.74) is 0. The van der Waals surface area contributed by atoms with Gasteiger partial charge in [-0.05, 0) is 0 Å². The van der Waals surface area contributed by atoms with Crippen molar-refractivity contribution in [1.82, 2.24) is 20.3 Å². The van der Waals surface area contributed by atoms with E-state index in [-0.39, 0.29) is 18.0 Å². The maximum Gasteiger partial charge on any atom is 0.328 e. The van der Waals surface area contributed by atoms with Gasteiger partial charge in [0.15, 0.2) is 0 Å². The predicted molar refractivity (Wildman–Crippen MR) is 78.9 cm³/mol. The van der Waals surface area contributed by atoms with Crippen molar-refractivity contribution in [2.75, 3.05) is 20.8 Å². The highest BCUT2D eigenvalue weighted by Crippen LogP contribution is 2.24. The van der Waals surface area contributed by atoms with Gasteiger partial charge >= 0.3 is 18.0 Å². The molecular formula is C13H20N4O8. The van der Waals surface area contributed by atoms with E-state index in [1.165, 1.54) is 21.1 Å². The third-order valence-corrected chi connectivity index (χ3v) is 3.41. The van der Waals surface area contributed by atoms with E-state index in [2.05, 4.69) is 20.3 Å². The van der Waals surface area contributed by atoms with Gasteiger partial charge in [-0.2, -0.15) is 0 Å². The first-order chi connectivity index (χ1) is 11.9. The number of methoxy groups -OCH3 is 2. The molecule has 5 atom stereocenters. The number of aliphatic hydroxyl groups excluding tert-OH is 3. The first kappa shape index (κ1) is 19.1.